The third-order valence-electron chi connectivity index (χ3n) is 5.82. The van der Waals surface area contributed by atoms with Gasteiger partial charge in [-0.25, -0.2) is 9.97 Å². The van der Waals surface area contributed by atoms with E-state index in [-0.39, 0.29) is 11.6 Å². The van der Waals surface area contributed by atoms with Gasteiger partial charge in [0.2, 0.25) is 0 Å². The molecule has 29 heavy (non-hydrogen) atoms. The van der Waals surface area contributed by atoms with E-state index in [1.807, 2.05) is 24.3 Å². The smallest absolute Gasteiger partial charge is 0.126 e. The number of hydrogen-bond acceptors (Lipinski definition) is 7. The number of anilines is 2. The lowest BCUT2D eigenvalue weighted by molar-refractivity contribution is 0.0574. The fourth-order valence-electron chi connectivity index (χ4n) is 3.98. The molecule has 1 saturated heterocycles. The van der Waals surface area contributed by atoms with Gasteiger partial charge in [0, 0.05) is 49.1 Å². The van der Waals surface area contributed by atoms with E-state index in [9.17, 15) is 0 Å². The predicted molar refractivity (Wildman–Crippen MR) is 117 cm³/mol. The first-order valence-corrected chi connectivity index (χ1v) is 10.6. The van der Waals surface area contributed by atoms with Gasteiger partial charge < -0.3 is 26.8 Å². The van der Waals surface area contributed by atoms with Crippen molar-refractivity contribution < 1.29 is 4.74 Å². The number of aromatic nitrogens is 2. The molecular weight excluding hydrogens is 388 g/mol. The summed E-state index contributed by atoms with van der Waals surface area (Å²) >= 11 is 6.44. The molecule has 8 heteroatoms. The van der Waals surface area contributed by atoms with Crippen LogP contribution in [0.3, 0.4) is 0 Å². The number of pyridine rings is 2. The molecule has 2 fully saturated rings. The van der Waals surface area contributed by atoms with Gasteiger partial charge in [-0.1, -0.05) is 17.7 Å². The molecule has 0 radical (unpaired) electrons. The van der Waals surface area contributed by atoms with Crippen molar-refractivity contribution >= 4 is 23.2 Å². The first-order valence-electron chi connectivity index (χ1n) is 10.3. The molecule has 156 valence electrons. The second kappa shape index (κ2) is 8.83. The minimum atomic E-state index is -0.260. The van der Waals surface area contributed by atoms with Crippen molar-refractivity contribution in [1.82, 2.24) is 9.97 Å². The van der Waals surface area contributed by atoms with E-state index in [1.165, 1.54) is 0 Å². The molecule has 1 aliphatic heterocycles. The van der Waals surface area contributed by atoms with Gasteiger partial charge in [-0.15, -0.1) is 0 Å². The topological polar surface area (TPSA) is 111 Å². The lowest BCUT2D eigenvalue weighted by Crippen LogP contribution is -2.50. The fraction of sp³-hybridized carbons (Fsp3) is 0.524. The van der Waals surface area contributed by atoms with E-state index in [0.29, 0.717) is 30.8 Å². The standard InChI is InChI=1S/C21H29ClN6O/c22-17-12-25-20(27-15-5-4-14(23)10-15)11-16(17)18-2-1-3-19(28-18)26-13-21(24)6-8-29-9-7-21/h1-3,11-12,14-15H,4-10,13,23-24H2,(H,25,27)(H,26,28)/t14-,15-/m1/s1. The Morgan fingerprint density at radius 1 is 1.21 bits per heavy atom. The van der Waals surface area contributed by atoms with Crippen LogP contribution in [0.15, 0.2) is 30.5 Å². The van der Waals surface area contributed by atoms with Crippen molar-refractivity contribution in [3.05, 3.63) is 35.5 Å². The summed E-state index contributed by atoms with van der Waals surface area (Å²) in [6.45, 7) is 2.07. The molecule has 7 nitrogen and oxygen atoms in total. The molecule has 2 aromatic heterocycles. The van der Waals surface area contributed by atoms with E-state index >= 15 is 0 Å². The summed E-state index contributed by atoms with van der Waals surface area (Å²) in [5, 5.41) is 7.43. The number of hydrogen-bond donors (Lipinski definition) is 4. The Hall–Kier alpha value is -1.93. The monoisotopic (exact) mass is 416 g/mol. The molecule has 0 amide bonds. The summed E-state index contributed by atoms with van der Waals surface area (Å²) in [6, 6.07) is 8.45. The SMILES string of the molecule is N[C@@H]1CC[C@@H](Nc2cc(-c3cccc(NCC4(N)CCOCC4)n3)c(Cl)cn2)C1. The molecule has 2 aliphatic rings. The van der Waals surface area contributed by atoms with Crippen LogP contribution in [0.4, 0.5) is 11.6 Å². The second-order valence-electron chi connectivity index (χ2n) is 8.20. The van der Waals surface area contributed by atoms with Gasteiger partial charge in [-0.3, -0.25) is 0 Å². The van der Waals surface area contributed by atoms with E-state index in [0.717, 1.165) is 55.0 Å². The number of nitrogens with two attached hydrogens (primary N) is 2. The van der Waals surface area contributed by atoms with Gasteiger partial charge in [0.1, 0.15) is 11.6 Å². The first-order chi connectivity index (χ1) is 14.0. The quantitative estimate of drug-likeness (QED) is 0.572. The van der Waals surface area contributed by atoms with Gasteiger partial charge in [-0.05, 0) is 50.3 Å². The third kappa shape index (κ3) is 5.17. The Kier molecular flexibility index (Phi) is 6.20. The molecule has 0 bridgehead atoms. The highest BCUT2D eigenvalue weighted by molar-refractivity contribution is 6.33. The van der Waals surface area contributed by atoms with E-state index in [1.54, 1.807) is 6.20 Å². The normalized spacial score (nSPS) is 23.7. The molecule has 3 heterocycles. The highest BCUT2D eigenvalue weighted by Gasteiger charge is 2.28. The summed E-state index contributed by atoms with van der Waals surface area (Å²) < 4.78 is 5.41. The number of rotatable bonds is 6. The minimum absolute atomic E-state index is 0.260. The van der Waals surface area contributed by atoms with Crippen molar-refractivity contribution in [2.75, 3.05) is 30.4 Å². The largest absolute Gasteiger partial charge is 0.381 e. The van der Waals surface area contributed by atoms with Crippen molar-refractivity contribution in [3.8, 4) is 11.3 Å². The van der Waals surface area contributed by atoms with Crippen LogP contribution in [0.5, 0.6) is 0 Å². The van der Waals surface area contributed by atoms with Gasteiger partial charge in [0.15, 0.2) is 0 Å². The van der Waals surface area contributed by atoms with Crippen LogP contribution in [0.1, 0.15) is 32.1 Å². The van der Waals surface area contributed by atoms with Gasteiger partial charge in [0.05, 0.1) is 10.7 Å². The van der Waals surface area contributed by atoms with Crippen molar-refractivity contribution in [2.24, 2.45) is 11.5 Å². The zero-order valence-corrected chi connectivity index (χ0v) is 17.3. The average molecular weight is 417 g/mol. The Morgan fingerprint density at radius 3 is 2.79 bits per heavy atom. The fourth-order valence-corrected chi connectivity index (χ4v) is 4.18. The first kappa shape index (κ1) is 20.3. The Bertz CT molecular complexity index is 842. The van der Waals surface area contributed by atoms with Crippen LogP contribution in [-0.4, -0.2) is 47.3 Å². The molecule has 0 spiro atoms. The maximum absolute atomic E-state index is 6.47. The highest BCUT2D eigenvalue weighted by Crippen LogP contribution is 2.30. The molecule has 6 N–H and O–H groups in total. The van der Waals surface area contributed by atoms with Crippen LogP contribution in [0, 0.1) is 0 Å². The van der Waals surface area contributed by atoms with Crippen LogP contribution >= 0.6 is 11.6 Å². The van der Waals surface area contributed by atoms with E-state index in [2.05, 4.69) is 15.6 Å². The number of nitrogens with one attached hydrogen (secondary N) is 2. The molecule has 2 atom stereocenters. The Morgan fingerprint density at radius 2 is 2.03 bits per heavy atom. The number of ether oxygens (including phenoxy) is 1. The van der Waals surface area contributed by atoms with Crippen LogP contribution < -0.4 is 22.1 Å². The highest BCUT2D eigenvalue weighted by atomic mass is 35.5. The molecular formula is C21H29ClN6O. The summed E-state index contributed by atoms with van der Waals surface area (Å²) in [5.74, 6) is 1.58. The third-order valence-corrected chi connectivity index (χ3v) is 6.12. The van der Waals surface area contributed by atoms with E-state index in [4.69, 9.17) is 32.8 Å². The molecule has 2 aromatic rings. The van der Waals surface area contributed by atoms with Crippen molar-refractivity contribution in [2.45, 2.75) is 49.7 Å². The molecule has 1 saturated carbocycles. The maximum Gasteiger partial charge on any atom is 0.126 e. The number of halogens is 1. The second-order valence-corrected chi connectivity index (χ2v) is 8.61. The molecule has 1 aliphatic carbocycles. The zero-order valence-electron chi connectivity index (χ0n) is 16.5. The summed E-state index contributed by atoms with van der Waals surface area (Å²) in [7, 11) is 0. The van der Waals surface area contributed by atoms with Gasteiger partial charge in [0.25, 0.3) is 0 Å². The van der Waals surface area contributed by atoms with Crippen LogP contribution in [0.25, 0.3) is 11.3 Å². The lowest BCUT2D eigenvalue weighted by Gasteiger charge is -2.33. The Labute approximate surface area is 176 Å². The Balaban J connectivity index is 1.47. The number of nitrogens with zero attached hydrogens (tertiary/aromatic N) is 2. The van der Waals surface area contributed by atoms with Crippen LogP contribution in [0.2, 0.25) is 5.02 Å². The summed E-state index contributed by atoms with van der Waals surface area (Å²) in [5.41, 5.74) is 13.9. The predicted octanol–water partition coefficient (Wildman–Crippen LogP) is 3.01. The lowest BCUT2D eigenvalue weighted by atomic mass is 9.91. The van der Waals surface area contributed by atoms with Crippen molar-refractivity contribution in [1.29, 1.82) is 0 Å². The van der Waals surface area contributed by atoms with Crippen molar-refractivity contribution in [3.63, 3.8) is 0 Å². The molecule has 0 unspecified atom stereocenters. The van der Waals surface area contributed by atoms with Gasteiger partial charge >= 0.3 is 0 Å². The van der Waals surface area contributed by atoms with Gasteiger partial charge in [-0.2, -0.15) is 0 Å². The van der Waals surface area contributed by atoms with E-state index < -0.39 is 0 Å². The summed E-state index contributed by atoms with van der Waals surface area (Å²) in [6.07, 6.45) is 6.42. The zero-order chi connectivity index (χ0) is 20.3. The van der Waals surface area contributed by atoms with Crippen LogP contribution in [-0.2, 0) is 4.74 Å². The maximum atomic E-state index is 6.47. The molecule has 4 rings (SSSR count). The summed E-state index contributed by atoms with van der Waals surface area (Å²) in [4.78, 5) is 9.17. The minimum Gasteiger partial charge on any atom is -0.381 e. The molecule has 0 aromatic carbocycles. The average Bonchev–Trinajstić information content (AvgIpc) is 3.13.